The van der Waals surface area contributed by atoms with Gasteiger partial charge in [0.2, 0.25) is 10.0 Å². The highest BCUT2D eigenvalue weighted by Gasteiger charge is 2.18. The van der Waals surface area contributed by atoms with Crippen LogP contribution in [-0.4, -0.2) is 40.0 Å². The molecule has 2 heterocycles. The van der Waals surface area contributed by atoms with Crippen LogP contribution in [0, 0.1) is 0 Å². The summed E-state index contributed by atoms with van der Waals surface area (Å²) in [5, 5.41) is 8.20. The second-order valence-corrected chi connectivity index (χ2v) is 9.07. The van der Waals surface area contributed by atoms with Crippen molar-refractivity contribution >= 4 is 39.7 Å². The molecule has 0 bridgehead atoms. The molecule has 9 heteroatoms. The van der Waals surface area contributed by atoms with Crippen LogP contribution in [0.5, 0.6) is 0 Å². The fraction of sp³-hybridized carbons (Fsp3) is 0.389. The number of rotatable bonds is 7. The molecule has 0 radical (unpaired) electrons. The van der Waals surface area contributed by atoms with E-state index in [1.165, 1.54) is 12.1 Å². The van der Waals surface area contributed by atoms with Gasteiger partial charge in [-0.25, -0.2) is 13.1 Å². The Labute approximate surface area is 170 Å². The van der Waals surface area contributed by atoms with Crippen LogP contribution < -0.4 is 15.4 Å². The van der Waals surface area contributed by atoms with Crippen molar-refractivity contribution in [3.8, 4) is 0 Å². The third-order valence-corrected chi connectivity index (χ3v) is 6.72. The highest BCUT2D eigenvalue weighted by atomic mass is 35.5. The Hall–Kier alpha value is -1.45. The van der Waals surface area contributed by atoms with E-state index in [0.717, 1.165) is 30.8 Å². The summed E-state index contributed by atoms with van der Waals surface area (Å²) in [6.07, 6.45) is 2.66. The SMILES string of the molecule is Cl.O=C(NC1CCCNC1)c1ccc(S(=O)(=O)NCCc2cccs2)cc1. The molecule has 3 N–H and O–H groups in total. The zero-order chi connectivity index (χ0) is 18.4. The summed E-state index contributed by atoms with van der Waals surface area (Å²) >= 11 is 1.60. The van der Waals surface area contributed by atoms with E-state index in [9.17, 15) is 13.2 Å². The molecule has 6 nitrogen and oxygen atoms in total. The lowest BCUT2D eigenvalue weighted by molar-refractivity contribution is 0.0930. The van der Waals surface area contributed by atoms with Gasteiger partial charge in [0.1, 0.15) is 0 Å². The molecule has 3 rings (SSSR count). The van der Waals surface area contributed by atoms with Crippen LogP contribution in [-0.2, 0) is 16.4 Å². The zero-order valence-corrected chi connectivity index (χ0v) is 17.3. The number of amides is 1. The van der Waals surface area contributed by atoms with Gasteiger partial charge < -0.3 is 10.6 Å². The second-order valence-electron chi connectivity index (χ2n) is 6.27. The van der Waals surface area contributed by atoms with Gasteiger partial charge in [-0.15, -0.1) is 23.7 Å². The van der Waals surface area contributed by atoms with Crippen LogP contribution in [0.2, 0.25) is 0 Å². The van der Waals surface area contributed by atoms with Crippen LogP contribution >= 0.6 is 23.7 Å². The Kier molecular flexibility index (Phi) is 8.25. The number of hydrogen-bond acceptors (Lipinski definition) is 5. The van der Waals surface area contributed by atoms with Gasteiger partial charge in [0.15, 0.2) is 0 Å². The van der Waals surface area contributed by atoms with Gasteiger partial charge in [-0.05, 0) is 61.5 Å². The predicted molar refractivity (Wildman–Crippen MR) is 110 cm³/mol. The van der Waals surface area contributed by atoms with Crippen LogP contribution in [0.4, 0.5) is 0 Å². The summed E-state index contributed by atoms with van der Waals surface area (Å²) in [7, 11) is -3.57. The summed E-state index contributed by atoms with van der Waals surface area (Å²) in [4.78, 5) is 13.6. The minimum atomic E-state index is -3.57. The number of halogens is 1. The Morgan fingerprint density at radius 2 is 2.00 bits per heavy atom. The van der Waals surface area contributed by atoms with Crippen LogP contribution in [0.15, 0.2) is 46.7 Å². The third-order valence-electron chi connectivity index (χ3n) is 4.30. The maximum absolute atomic E-state index is 12.3. The molecule has 1 fully saturated rings. The molecule has 1 aliphatic rings. The quantitative estimate of drug-likeness (QED) is 0.629. The first-order chi connectivity index (χ1) is 12.5. The van der Waals surface area contributed by atoms with Gasteiger partial charge in [-0.3, -0.25) is 4.79 Å². The first-order valence-electron chi connectivity index (χ1n) is 8.68. The molecule has 27 heavy (non-hydrogen) atoms. The third kappa shape index (κ3) is 6.29. The number of carbonyl (C=O) groups is 1. The number of thiophene rings is 1. The number of hydrogen-bond donors (Lipinski definition) is 3. The number of carbonyl (C=O) groups excluding carboxylic acids is 1. The highest BCUT2D eigenvalue weighted by molar-refractivity contribution is 7.89. The fourth-order valence-corrected chi connectivity index (χ4v) is 4.62. The summed E-state index contributed by atoms with van der Waals surface area (Å²) in [6, 6.07) is 10.1. The molecule has 0 saturated carbocycles. The van der Waals surface area contributed by atoms with E-state index in [0.29, 0.717) is 18.5 Å². The van der Waals surface area contributed by atoms with E-state index in [2.05, 4.69) is 15.4 Å². The lowest BCUT2D eigenvalue weighted by Gasteiger charge is -2.23. The maximum Gasteiger partial charge on any atom is 0.251 e. The molecule has 148 valence electrons. The van der Waals surface area contributed by atoms with Crippen molar-refractivity contribution < 1.29 is 13.2 Å². The lowest BCUT2D eigenvalue weighted by atomic mass is 10.1. The largest absolute Gasteiger partial charge is 0.348 e. The van der Waals surface area contributed by atoms with E-state index in [4.69, 9.17) is 0 Å². The van der Waals surface area contributed by atoms with E-state index in [-0.39, 0.29) is 29.3 Å². The van der Waals surface area contributed by atoms with Crippen molar-refractivity contribution in [1.82, 2.24) is 15.4 Å². The van der Waals surface area contributed by atoms with Gasteiger partial charge in [0.05, 0.1) is 4.90 Å². The van der Waals surface area contributed by atoms with Crippen molar-refractivity contribution in [3.63, 3.8) is 0 Å². The summed E-state index contributed by atoms with van der Waals surface area (Å²) in [5.41, 5.74) is 0.466. The van der Waals surface area contributed by atoms with Gasteiger partial charge >= 0.3 is 0 Å². The number of sulfonamides is 1. The molecule has 2 aromatic rings. The Bertz CT molecular complexity index is 818. The molecule has 1 unspecified atom stereocenters. The van der Waals surface area contributed by atoms with Crippen LogP contribution in [0.25, 0.3) is 0 Å². The van der Waals surface area contributed by atoms with E-state index in [1.54, 1.807) is 23.5 Å². The minimum absolute atomic E-state index is 0. The lowest BCUT2D eigenvalue weighted by Crippen LogP contribution is -2.45. The Balaban J connectivity index is 0.00000261. The minimum Gasteiger partial charge on any atom is -0.348 e. The summed E-state index contributed by atoms with van der Waals surface area (Å²) in [6.45, 7) is 2.10. The number of nitrogens with one attached hydrogen (secondary N) is 3. The zero-order valence-electron chi connectivity index (χ0n) is 14.8. The monoisotopic (exact) mass is 429 g/mol. The van der Waals surface area contributed by atoms with E-state index in [1.807, 2.05) is 17.5 Å². The standard InChI is InChI=1S/C18H23N3O3S2.ClH/c22-18(21-15-3-1-10-19-13-15)14-5-7-17(8-6-14)26(23,24)20-11-9-16-4-2-12-25-16;/h2,4-8,12,15,19-20H,1,3,9-11,13H2,(H,21,22);1H. The molecule has 1 atom stereocenters. The topological polar surface area (TPSA) is 87.3 Å². The fourth-order valence-electron chi connectivity index (χ4n) is 2.88. The van der Waals surface area contributed by atoms with E-state index < -0.39 is 10.0 Å². The Morgan fingerprint density at radius 3 is 2.63 bits per heavy atom. The smallest absolute Gasteiger partial charge is 0.251 e. The molecule has 1 amide bonds. The predicted octanol–water partition coefficient (Wildman–Crippen LogP) is 2.17. The van der Waals surface area contributed by atoms with Crippen molar-refractivity contribution in [1.29, 1.82) is 0 Å². The van der Waals surface area contributed by atoms with Gasteiger partial charge in [0.25, 0.3) is 5.91 Å². The second kappa shape index (κ2) is 10.2. The highest BCUT2D eigenvalue weighted by Crippen LogP contribution is 2.13. The summed E-state index contributed by atoms with van der Waals surface area (Å²) < 4.78 is 27.3. The average molecular weight is 430 g/mol. The van der Waals surface area contributed by atoms with Gasteiger partial charge in [0, 0.05) is 29.6 Å². The van der Waals surface area contributed by atoms with Crippen LogP contribution in [0.3, 0.4) is 0 Å². The Morgan fingerprint density at radius 1 is 1.22 bits per heavy atom. The van der Waals surface area contributed by atoms with Gasteiger partial charge in [-0.1, -0.05) is 6.07 Å². The summed E-state index contributed by atoms with van der Waals surface area (Å²) in [5.74, 6) is -0.173. The molecule has 0 spiro atoms. The van der Waals surface area contributed by atoms with Crippen molar-refractivity contribution in [2.75, 3.05) is 19.6 Å². The van der Waals surface area contributed by atoms with Crippen LogP contribution in [0.1, 0.15) is 28.1 Å². The number of piperidine rings is 1. The van der Waals surface area contributed by atoms with E-state index >= 15 is 0 Å². The molecule has 1 aliphatic heterocycles. The first-order valence-corrected chi connectivity index (χ1v) is 11.0. The van der Waals surface area contributed by atoms with Gasteiger partial charge in [-0.2, -0.15) is 0 Å². The first kappa shape index (κ1) is 21.8. The maximum atomic E-state index is 12.3. The van der Waals surface area contributed by atoms with Crippen molar-refractivity contribution in [2.24, 2.45) is 0 Å². The molecular formula is C18H24ClN3O3S2. The molecule has 1 aromatic carbocycles. The molecular weight excluding hydrogens is 406 g/mol. The molecule has 1 aromatic heterocycles. The average Bonchev–Trinajstić information content (AvgIpc) is 3.16. The molecule has 0 aliphatic carbocycles. The van der Waals surface area contributed by atoms with Crippen molar-refractivity contribution in [3.05, 3.63) is 52.2 Å². The molecule has 1 saturated heterocycles. The normalized spacial score (nSPS) is 17.1. The van der Waals surface area contributed by atoms with Crippen molar-refractivity contribution in [2.45, 2.75) is 30.2 Å². The number of benzene rings is 1.